The summed E-state index contributed by atoms with van der Waals surface area (Å²) in [4.78, 5) is 81.0. The number of ether oxygens (including phenoxy) is 1. The van der Waals surface area contributed by atoms with Crippen molar-refractivity contribution in [1.82, 2.24) is 35.7 Å². The summed E-state index contributed by atoms with van der Waals surface area (Å²) in [5.41, 5.74) is 4.81. The van der Waals surface area contributed by atoms with Gasteiger partial charge >= 0.3 is 6.09 Å². The number of amides is 5. The van der Waals surface area contributed by atoms with Crippen LogP contribution in [0.3, 0.4) is 0 Å². The molecule has 338 valence electrons. The Labute approximate surface area is 370 Å². The fraction of sp³-hybridized carbons (Fsp3) is 0.587. The zero-order chi connectivity index (χ0) is 45.2. The van der Waals surface area contributed by atoms with Gasteiger partial charge in [0.25, 0.3) is 5.91 Å². The summed E-state index contributed by atoms with van der Waals surface area (Å²) >= 11 is 1.58. The molecule has 0 saturated carbocycles. The summed E-state index contributed by atoms with van der Waals surface area (Å²) in [7, 11) is 0. The van der Waals surface area contributed by atoms with Crippen molar-refractivity contribution >= 4 is 46.7 Å². The fourth-order valence-corrected chi connectivity index (χ4v) is 8.47. The highest BCUT2D eigenvalue weighted by atomic mass is 32.1. The van der Waals surface area contributed by atoms with E-state index < -0.39 is 29.2 Å². The number of carbonyl (C=O) groups excluding carboxylic acids is 5. The maximum atomic E-state index is 14.0. The molecule has 5 rings (SSSR count). The van der Waals surface area contributed by atoms with Gasteiger partial charge < -0.3 is 40.5 Å². The van der Waals surface area contributed by atoms with Gasteiger partial charge in [0.05, 0.1) is 40.1 Å². The molecule has 2 aromatic heterocycles. The lowest BCUT2D eigenvalue weighted by molar-refractivity contribution is -0.144. The van der Waals surface area contributed by atoms with Crippen LogP contribution in [0.25, 0.3) is 10.4 Å². The maximum Gasteiger partial charge on any atom is 0.410 e. The second-order valence-electron chi connectivity index (χ2n) is 18.5. The number of benzene rings is 1. The topological polar surface area (TPSA) is 186 Å². The third-order valence-electron chi connectivity index (χ3n) is 11.2. The number of aliphatic hydroxyl groups is 1. The van der Waals surface area contributed by atoms with Gasteiger partial charge in [-0.05, 0) is 76.1 Å². The highest BCUT2D eigenvalue weighted by Gasteiger charge is 2.44. The summed E-state index contributed by atoms with van der Waals surface area (Å²) in [5, 5.41) is 19.5. The molecule has 2 aliphatic rings. The van der Waals surface area contributed by atoms with Gasteiger partial charge in [-0.3, -0.25) is 19.2 Å². The van der Waals surface area contributed by atoms with Gasteiger partial charge in [-0.15, -0.1) is 11.3 Å². The first kappa shape index (κ1) is 48.0. The zero-order valence-electron chi connectivity index (χ0n) is 37.7. The predicted octanol–water partition coefficient (Wildman–Crippen LogP) is 6.01. The van der Waals surface area contributed by atoms with Crippen LogP contribution in [-0.2, 0) is 19.1 Å². The molecule has 4 N–H and O–H groups in total. The molecule has 0 unspecified atom stereocenters. The Kier molecular flexibility index (Phi) is 16.5. The first-order chi connectivity index (χ1) is 29.3. The molecule has 1 aromatic carbocycles. The van der Waals surface area contributed by atoms with E-state index in [1.165, 1.54) is 4.90 Å². The van der Waals surface area contributed by atoms with Gasteiger partial charge in [0.1, 0.15) is 23.4 Å². The van der Waals surface area contributed by atoms with Crippen LogP contribution in [0, 0.1) is 12.3 Å². The van der Waals surface area contributed by atoms with E-state index in [1.54, 1.807) is 28.5 Å². The number of aromatic nitrogens is 2. The number of nitrogens with one attached hydrogen (secondary N) is 3. The van der Waals surface area contributed by atoms with Crippen molar-refractivity contribution in [2.75, 3.05) is 44.2 Å². The number of piperazine rings is 1. The van der Waals surface area contributed by atoms with Crippen molar-refractivity contribution in [3.63, 3.8) is 0 Å². The lowest BCUT2D eigenvalue weighted by Gasteiger charge is -2.36. The predicted molar refractivity (Wildman–Crippen MR) is 241 cm³/mol. The minimum absolute atomic E-state index is 0.0115. The van der Waals surface area contributed by atoms with E-state index in [4.69, 9.17) is 4.74 Å². The van der Waals surface area contributed by atoms with Crippen LogP contribution in [0.4, 0.5) is 10.5 Å². The minimum atomic E-state index is -0.883. The van der Waals surface area contributed by atoms with Gasteiger partial charge in [-0.1, -0.05) is 64.3 Å². The van der Waals surface area contributed by atoms with E-state index in [0.29, 0.717) is 44.8 Å². The number of pyridine rings is 1. The minimum Gasteiger partial charge on any atom is -0.444 e. The Balaban J connectivity index is 0.992. The van der Waals surface area contributed by atoms with Gasteiger partial charge in [0, 0.05) is 52.1 Å². The van der Waals surface area contributed by atoms with E-state index >= 15 is 0 Å². The summed E-state index contributed by atoms with van der Waals surface area (Å²) in [6.07, 6.45) is 4.91. The lowest BCUT2D eigenvalue weighted by atomic mass is 9.85. The molecule has 15 nitrogen and oxygen atoms in total. The number of thiazole rings is 1. The van der Waals surface area contributed by atoms with Crippen molar-refractivity contribution in [3.8, 4) is 10.4 Å². The Bertz CT molecular complexity index is 1980. The maximum absolute atomic E-state index is 14.0. The number of anilines is 1. The Morgan fingerprint density at radius 2 is 1.56 bits per heavy atom. The third kappa shape index (κ3) is 13.5. The largest absolute Gasteiger partial charge is 0.444 e. The molecule has 0 radical (unpaired) electrons. The van der Waals surface area contributed by atoms with E-state index in [1.807, 2.05) is 91.2 Å². The Hall–Kier alpha value is -5.09. The van der Waals surface area contributed by atoms with Crippen LogP contribution >= 0.6 is 11.3 Å². The lowest BCUT2D eigenvalue weighted by Crippen LogP contribution is -2.57. The number of hydrogen-bond donors (Lipinski definition) is 4. The molecule has 0 aliphatic carbocycles. The average Bonchev–Trinajstić information content (AvgIpc) is 3.84. The number of β-amino-alcohol motifs (C(OH)–C–C–N with tert-alkyl or cyclic N) is 1. The Morgan fingerprint density at radius 3 is 2.18 bits per heavy atom. The molecular weight excluding hydrogens is 809 g/mol. The average molecular weight is 875 g/mol. The summed E-state index contributed by atoms with van der Waals surface area (Å²) in [6, 6.07) is 9.47. The number of rotatable bonds is 16. The second kappa shape index (κ2) is 21.3. The van der Waals surface area contributed by atoms with Crippen molar-refractivity contribution in [3.05, 3.63) is 65.1 Å². The van der Waals surface area contributed by atoms with Gasteiger partial charge in [0.15, 0.2) is 0 Å². The number of carbonyl (C=O) groups is 5. The molecule has 2 fully saturated rings. The smallest absolute Gasteiger partial charge is 0.410 e. The normalized spacial score (nSPS) is 17.9. The van der Waals surface area contributed by atoms with Crippen LogP contribution in [0.15, 0.2) is 48.1 Å². The SMILES string of the molecule is Cc1ncsc1-c1ccc([C@H](C)NC(=O)[C@@H]2C[C@@H](O)CN2C(=O)[C@@H](NC(=O)CCCCCCCNC(=O)c2ccc(N3CCN(C(=O)OC(C)(C)C)CC3)cn2)C(C)(C)C)cc1. The number of unbranched alkanes of at least 4 members (excludes halogenated alkanes) is 4. The molecule has 0 bridgehead atoms. The van der Waals surface area contributed by atoms with E-state index in [2.05, 4.69) is 30.8 Å². The Morgan fingerprint density at radius 1 is 0.887 bits per heavy atom. The second-order valence-corrected chi connectivity index (χ2v) is 19.4. The number of nitrogens with zero attached hydrogens (tertiary/aromatic N) is 5. The molecule has 4 heterocycles. The third-order valence-corrected chi connectivity index (χ3v) is 12.2. The van der Waals surface area contributed by atoms with Crippen molar-refractivity contribution < 1.29 is 33.8 Å². The quantitative estimate of drug-likeness (QED) is 0.124. The van der Waals surface area contributed by atoms with Gasteiger partial charge in [-0.25, -0.2) is 14.8 Å². The van der Waals surface area contributed by atoms with Crippen molar-refractivity contribution in [1.29, 1.82) is 0 Å². The molecule has 4 atom stereocenters. The molecule has 62 heavy (non-hydrogen) atoms. The first-order valence-electron chi connectivity index (χ1n) is 21.9. The molecule has 16 heteroatoms. The number of aryl methyl sites for hydroxylation is 1. The van der Waals surface area contributed by atoms with Crippen molar-refractivity contribution in [2.24, 2.45) is 5.41 Å². The van der Waals surface area contributed by atoms with Gasteiger partial charge in [0.2, 0.25) is 17.7 Å². The molecule has 2 aliphatic heterocycles. The molecule has 3 aromatic rings. The monoisotopic (exact) mass is 874 g/mol. The summed E-state index contributed by atoms with van der Waals surface area (Å²) in [5.74, 6) is -1.21. The van der Waals surface area contributed by atoms with Crippen LogP contribution < -0.4 is 20.9 Å². The zero-order valence-corrected chi connectivity index (χ0v) is 38.5. The van der Waals surface area contributed by atoms with Crippen LogP contribution in [0.2, 0.25) is 0 Å². The highest BCUT2D eigenvalue weighted by molar-refractivity contribution is 7.13. The number of hydrogen-bond acceptors (Lipinski definition) is 11. The molecular formula is C46H66N8O7S. The number of likely N-dealkylation sites (tertiary alicyclic amines) is 1. The van der Waals surface area contributed by atoms with Crippen LogP contribution in [0.5, 0.6) is 0 Å². The number of aliphatic hydroxyl groups excluding tert-OH is 1. The van der Waals surface area contributed by atoms with Crippen LogP contribution in [0.1, 0.15) is 121 Å². The molecule has 0 spiro atoms. The van der Waals surface area contributed by atoms with E-state index in [-0.39, 0.29) is 55.2 Å². The summed E-state index contributed by atoms with van der Waals surface area (Å²) in [6.45, 7) is 17.9. The summed E-state index contributed by atoms with van der Waals surface area (Å²) < 4.78 is 5.48. The highest BCUT2D eigenvalue weighted by Crippen LogP contribution is 2.30. The van der Waals surface area contributed by atoms with E-state index in [0.717, 1.165) is 53.1 Å². The fourth-order valence-electron chi connectivity index (χ4n) is 7.66. The van der Waals surface area contributed by atoms with E-state index in [9.17, 15) is 29.1 Å². The standard InChI is InChI=1S/C46H66N8O7S/c1-30(32-15-17-33(18-16-32)39-31(2)49-29-62-39)50-42(58)37-26-35(55)28-54(37)43(59)40(45(3,4)5)51-38(56)14-12-10-9-11-13-21-47-41(57)36-20-19-34(27-48-36)52-22-24-53(25-23-52)44(60)61-46(6,7)8/h15-20,27,29-30,35,37,40,55H,9-14,21-26,28H2,1-8H3,(H,47,57)(H,50,58)(H,51,56)/t30-,35+,37-,40+/m0/s1. The van der Waals surface area contributed by atoms with Crippen molar-refractivity contribution in [2.45, 2.75) is 130 Å². The molecule has 5 amide bonds. The van der Waals surface area contributed by atoms with Crippen LogP contribution in [-0.4, -0.2) is 118 Å². The van der Waals surface area contributed by atoms with Gasteiger partial charge in [-0.2, -0.15) is 0 Å². The molecule has 2 saturated heterocycles. The first-order valence-corrected chi connectivity index (χ1v) is 22.7.